The second-order valence-electron chi connectivity index (χ2n) is 6.02. The summed E-state index contributed by atoms with van der Waals surface area (Å²) < 4.78 is 12.0. The first-order chi connectivity index (χ1) is 9.10. The molecule has 5 nitrogen and oxygen atoms in total. The van der Waals surface area contributed by atoms with Gasteiger partial charge in [0.15, 0.2) is 11.7 Å². The van der Waals surface area contributed by atoms with Gasteiger partial charge < -0.3 is 20.5 Å². The Labute approximate surface area is 139 Å². The minimum absolute atomic E-state index is 0. The Morgan fingerprint density at radius 2 is 2.05 bits per heavy atom. The van der Waals surface area contributed by atoms with Crippen LogP contribution in [-0.4, -0.2) is 37.5 Å². The summed E-state index contributed by atoms with van der Waals surface area (Å²) in [4.78, 5) is 4.28. The fraction of sp³-hybridized carbons (Fsp3) is 0.929. The van der Waals surface area contributed by atoms with Crippen LogP contribution in [0.2, 0.25) is 0 Å². The predicted octanol–water partition coefficient (Wildman–Crippen LogP) is 2.24. The van der Waals surface area contributed by atoms with E-state index in [1.165, 1.54) is 19.3 Å². The van der Waals surface area contributed by atoms with Crippen LogP contribution in [-0.2, 0) is 9.47 Å². The van der Waals surface area contributed by atoms with Crippen LogP contribution in [0.15, 0.2) is 4.99 Å². The lowest BCUT2D eigenvalue weighted by Crippen LogP contribution is -2.40. The summed E-state index contributed by atoms with van der Waals surface area (Å²) in [5.74, 6) is 0.729. The number of hydrogen-bond donors (Lipinski definition) is 2. The molecule has 1 heterocycles. The number of hydrogen-bond acceptors (Lipinski definition) is 3. The number of ether oxygens (including phenoxy) is 2. The van der Waals surface area contributed by atoms with Crippen LogP contribution in [0.25, 0.3) is 0 Å². The molecule has 0 bridgehead atoms. The largest absolute Gasteiger partial charge is 0.370 e. The zero-order valence-electron chi connectivity index (χ0n) is 12.6. The van der Waals surface area contributed by atoms with Gasteiger partial charge in [-0.05, 0) is 18.8 Å². The molecule has 2 rings (SSSR count). The molecule has 1 aliphatic carbocycles. The molecule has 1 atom stereocenters. The van der Waals surface area contributed by atoms with Crippen molar-refractivity contribution in [1.82, 2.24) is 5.32 Å². The van der Waals surface area contributed by atoms with Crippen molar-refractivity contribution < 1.29 is 9.47 Å². The van der Waals surface area contributed by atoms with Crippen molar-refractivity contribution in [2.24, 2.45) is 16.6 Å². The molecule has 2 aliphatic rings. The van der Waals surface area contributed by atoms with E-state index in [9.17, 15) is 0 Å². The first-order valence-electron chi connectivity index (χ1n) is 7.45. The van der Waals surface area contributed by atoms with Crippen molar-refractivity contribution in [1.29, 1.82) is 0 Å². The van der Waals surface area contributed by atoms with Crippen molar-refractivity contribution in [3.8, 4) is 0 Å². The highest BCUT2D eigenvalue weighted by Gasteiger charge is 2.41. The van der Waals surface area contributed by atoms with Gasteiger partial charge >= 0.3 is 0 Å². The lowest BCUT2D eigenvalue weighted by molar-refractivity contribution is -0.186. The smallest absolute Gasteiger partial charge is 0.188 e. The summed E-state index contributed by atoms with van der Waals surface area (Å²) in [5, 5.41) is 3.12. The van der Waals surface area contributed by atoms with Crippen molar-refractivity contribution in [3.63, 3.8) is 0 Å². The van der Waals surface area contributed by atoms with E-state index in [0.717, 1.165) is 19.4 Å². The van der Waals surface area contributed by atoms with Gasteiger partial charge in [-0.3, -0.25) is 4.99 Å². The third-order valence-corrected chi connectivity index (χ3v) is 3.67. The van der Waals surface area contributed by atoms with E-state index in [-0.39, 0.29) is 35.9 Å². The van der Waals surface area contributed by atoms with Crippen molar-refractivity contribution in [3.05, 3.63) is 0 Å². The molecule has 0 radical (unpaired) electrons. The molecule has 1 unspecified atom stereocenters. The van der Waals surface area contributed by atoms with Crippen molar-refractivity contribution in [2.45, 2.75) is 57.8 Å². The molecule has 3 N–H and O–H groups in total. The highest BCUT2D eigenvalue weighted by molar-refractivity contribution is 14.0. The highest BCUT2D eigenvalue weighted by Crippen LogP contribution is 2.37. The van der Waals surface area contributed by atoms with Gasteiger partial charge in [0, 0.05) is 25.9 Å². The Balaban J connectivity index is 0.00000200. The van der Waals surface area contributed by atoms with E-state index in [0.29, 0.717) is 25.0 Å². The van der Waals surface area contributed by atoms with Gasteiger partial charge in [0.25, 0.3) is 0 Å². The molecular formula is C14H28IN3O2. The number of nitrogens with zero attached hydrogens (tertiary/aromatic N) is 1. The van der Waals surface area contributed by atoms with Gasteiger partial charge in [0.05, 0.1) is 6.61 Å². The zero-order valence-corrected chi connectivity index (χ0v) is 14.9. The molecule has 0 aromatic carbocycles. The summed E-state index contributed by atoms with van der Waals surface area (Å²) in [6, 6.07) is 0. The quantitative estimate of drug-likeness (QED) is 0.434. The van der Waals surface area contributed by atoms with Crippen LogP contribution in [0.1, 0.15) is 46.0 Å². The summed E-state index contributed by atoms with van der Waals surface area (Å²) in [5.41, 5.74) is 5.81. The SMILES string of the molecule is CC(C)CN=C(N)NCC1COC2(CCCCC2)O1.I. The van der Waals surface area contributed by atoms with Gasteiger partial charge in [-0.25, -0.2) is 0 Å². The molecule has 2 fully saturated rings. The van der Waals surface area contributed by atoms with Crippen LogP contribution in [0.5, 0.6) is 0 Å². The minimum atomic E-state index is -0.297. The van der Waals surface area contributed by atoms with E-state index in [4.69, 9.17) is 15.2 Å². The highest BCUT2D eigenvalue weighted by atomic mass is 127. The van der Waals surface area contributed by atoms with Crippen LogP contribution in [0.3, 0.4) is 0 Å². The summed E-state index contributed by atoms with van der Waals surface area (Å²) in [6.45, 7) is 6.33. The van der Waals surface area contributed by atoms with Crippen LogP contribution >= 0.6 is 24.0 Å². The summed E-state index contributed by atoms with van der Waals surface area (Å²) in [6.07, 6.45) is 5.86. The molecule has 0 amide bonds. The van der Waals surface area contributed by atoms with Crippen LogP contribution < -0.4 is 11.1 Å². The Hall–Kier alpha value is -0.0800. The number of nitrogens with two attached hydrogens (primary N) is 1. The molecule has 0 aromatic heterocycles. The topological polar surface area (TPSA) is 68.9 Å². The first-order valence-corrected chi connectivity index (χ1v) is 7.45. The minimum Gasteiger partial charge on any atom is -0.370 e. The maximum atomic E-state index is 6.07. The van der Waals surface area contributed by atoms with E-state index in [2.05, 4.69) is 24.2 Å². The molecule has 1 saturated heterocycles. The Morgan fingerprint density at radius 3 is 2.70 bits per heavy atom. The third-order valence-electron chi connectivity index (χ3n) is 3.67. The fourth-order valence-electron chi connectivity index (χ4n) is 2.63. The standard InChI is InChI=1S/C14H27N3O2.HI/c1-11(2)8-16-13(15)17-9-12-10-18-14(19-12)6-4-3-5-7-14;/h11-12H,3-10H2,1-2H3,(H3,15,16,17);1H. The Kier molecular flexibility index (Phi) is 7.53. The maximum Gasteiger partial charge on any atom is 0.188 e. The number of guanidine groups is 1. The van der Waals surface area contributed by atoms with E-state index in [1.807, 2.05) is 0 Å². The van der Waals surface area contributed by atoms with E-state index in [1.54, 1.807) is 0 Å². The molecule has 1 spiro atoms. The average molecular weight is 397 g/mol. The van der Waals surface area contributed by atoms with Gasteiger partial charge in [0.1, 0.15) is 6.10 Å². The van der Waals surface area contributed by atoms with Gasteiger partial charge in [-0.2, -0.15) is 0 Å². The van der Waals surface area contributed by atoms with E-state index < -0.39 is 0 Å². The molecule has 0 aromatic rings. The molecular weight excluding hydrogens is 369 g/mol. The molecule has 1 aliphatic heterocycles. The summed E-state index contributed by atoms with van der Waals surface area (Å²) >= 11 is 0. The zero-order chi connectivity index (χ0) is 13.7. The molecule has 20 heavy (non-hydrogen) atoms. The third kappa shape index (κ3) is 5.37. The maximum absolute atomic E-state index is 6.07. The average Bonchev–Trinajstić information content (AvgIpc) is 2.78. The van der Waals surface area contributed by atoms with Crippen LogP contribution in [0.4, 0.5) is 0 Å². The Bertz CT molecular complexity index is 318. The molecule has 118 valence electrons. The van der Waals surface area contributed by atoms with Gasteiger partial charge in [-0.15, -0.1) is 24.0 Å². The van der Waals surface area contributed by atoms with Gasteiger partial charge in [0.2, 0.25) is 0 Å². The lowest BCUT2D eigenvalue weighted by atomic mass is 9.94. The van der Waals surface area contributed by atoms with Crippen molar-refractivity contribution in [2.75, 3.05) is 19.7 Å². The number of rotatable bonds is 4. The molecule has 1 saturated carbocycles. The lowest BCUT2D eigenvalue weighted by Gasteiger charge is -2.31. The number of halogens is 1. The first kappa shape index (κ1) is 18.0. The predicted molar refractivity (Wildman–Crippen MR) is 91.4 cm³/mol. The van der Waals surface area contributed by atoms with Crippen molar-refractivity contribution >= 4 is 29.9 Å². The van der Waals surface area contributed by atoms with Gasteiger partial charge in [-0.1, -0.05) is 20.3 Å². The fourth-order valence-corrected chi connectivity index (χ4v) is 2.63. The Morgan fingerprint density at radius 1 is 1.35 bits per heavy atom. The van der Waals surface area contributed by atoms with Crippen LogP contribution in [0, 0.1) is 5.92 Å². The summed E-state index contributed by atoms with van der Waals surface area (Å²) in [7, 11) is 0. The second-order valence-corrected chi connectivity index (χ2v) is 6.02. The van der Waals surface area contributed by atoms with E-state index >= 15 is 0 Å². The second kappa shape index (κ2) is 8.38. The normalized spacial score (nSPS) is 25.8. The number of aliphatic imine (C=N–C) groups is 1. The monoisotopic (exact) mass is 397 g/mol. The number of nitrogens with one attached hydrogen (secondary N) is 1. The molecule has 6 heteroatoms.